The first-order valence-corrected chi connectivity index (χ1v) is 9.13. The number of amides is 1. The number of carbonyl (C=O) groups excluding carboxylic acids is 3. The first kappa shape index (κ1) is 19.9. The van der Waals surface area contributed by atoms with E-state index in [1.54, 1.807) is 12.1 Å². The molecule has 0 radical (unpaired) electrons. The number of benzene rings is 1. The molecule has 1 saturated carbocycles. The molecule has 1 aromatic rings. The summed E-state index contributed by atoms with van der Waals surface area (Å²) in [6, 6.07) is 7.20. The van der Waals surface area contributed by atoms with E-state index in [4.69, 9.17) is 0 Å². The van der Waals surface area contributed by atoms with Crippen LogP contribution in [0.3, 0.4) is 0 Å². The maximum absolute atomic E-state index is 12.7. The normalized spacial score (nSPS) is 21.8. The third-order valence-corrected chi connectivity index (χ3v) is 4.94. The second-order valence-corrected chi connectivity index (χ2v) is 7.34. The Bertz CT molecular complexity index is 703. The van der Waals surface area contributed by atoms with Crippen molar-refractivity contribution in [1.82, 2.24) is 0 Å². The molecule has 1 fully saturated rings. The highest BCUT2D eigenvalue weighted by Gasteiger charge is 2.32. The van der Waals surface area contributed by atoms with E-state index in [0.717, 1.165) is 24.0 Å². The van der Waals surface area contributed by atoms with Gasteiger partial charge >= 0.3 is 0 Å². The van der Waals surface area contributed by atoms with Crippen molar-refractivity contribution >= 4 is 29.4 Å². The predicted molar refractivity (Wildman–Crippen MR) is 99.0 cm³/mol. The van der Waals surface area contributed by atoms with Gasteiger partial charge in [0.1, 0.15) is 0 Å². The molecule has 140 valence electrons. The molecule has 0 spiro atoms. The Morgan fingerprint density at radius 3 is 2.42 bits per heavy atom. The molecule has 26 heavy (non-hydrogen) atoms. The van der Waals surface area contributed by atoms with Crippen molar-refractivity contribution in [3.05, 3.63) is 35.4 Å². The van der Waals surface area contributed by atoms with Crippen LogP contribution in [-0.2, 0) is 14.4 Å². The maximum atomic E-state index is 12.7. The molecule has 0 saturated heterocycles. The number of allylic oxidation sites excluding steroid dienone is 1. The minimum absolute atomic E-state index is 0.0970. The quantitative estimate of drug-likeness (QED) is 0.794. The molecule has 0 aliphatic heterocycles. The van der Waals surface area contributed by atoms with Gasteiger partial charge in [0.25, 0.3) is 0 Å². The highest BCUT2D eigenvalue weighted by atomic mass is 16.4. The number of ketones is 1. The molecule has 5 nitrogen and oxygen atoms in total. The summed E-state index contributed by atoms with van der Waals surface area (Å²) >= 11 is 0. The number of carboxylic acids is 1. The molecule has 1 amide bonds. The van der Waals surface area contributed by atoms with Crippen molar-refractivity contribution in [2.45, 2.75) is 46.5 Å². The van der Waals surface area contributed by atoms with Crippen molar-refractivity contribution in [2.24, 2.45) is 17.8 Å². The number of hydrogen-bond donors (Lipinski definition) is 1. The number of hydrogen-bond acceptors (Lipinski definition) is 4. The average molecular weight is 356 g/mol. The van der Waals surface area contributed by atoms with Crippen LogP contribution in [0.4, 0.5) is 5.69 Å². The van der Waals surface area contributed by atoms with Crippen LogP contribution in [0.15, 0.2) is 29.8 Å². The van der Waals surface area contributed by atoms with Crippen LogP contribution in [-0.4, -0.2) is 17.7 Å². The minimum atomic E-state index is -1.24. The Kier molecular flexibility index (Phi) is 6.72. The molecule has 1 aliphatic carbocycles. The minimum Gasteiger partial charge on any atom is -0.550 e. The molecule has 0 aromatic heterocycles. The lowest BCUT2D eigenvalue weighted by Crippen LogP contribution is -2.30. The van der Waals surface area contributed by atoms with Crippen molar-refractivity contribution < 1.29 is 19.5 Å². The van der Waals surface area contributed by atoms with E-state index < -0.39 is 5.97 Å². The summed E-state index contributed by atoms with van der Waals surface area (Å²) in [5.41, 5.74) is 2.39. The van der Waals surface area contributed by atoms with Crippen LogP contribution in [0, 0.1) is 17.8 Å². The molecule has 1 aromatic carbocycles. The summed E-state index contributed by atoms with van der Waals surface area (Å²) in [4.78, 5) is 34.8. The van der Waals surface area contributed by atoms with E-state index >= 15 is 0 Å². The van der Waals surface area contributed by atoms with Crippen molar-refractivity contribution in [3.63, 3.8) is 0 Å². The van der Waals surface area contributed by atoms with Gasteiger partial charge in [-0.3, -0.25) is 9.59 Å². The maximum Gasteiger partial charge on any atom is 0.224 e. The van der Waals surface area contributed by atoms with E-state index in [9.17, 15) is 19.5 Å². The monoisotopic (exact) mass is 356 g/mol. The second-order valence-electron chi connectivity index (χ2n) is 7.34. The molecule has 1 N–H and O–H groups in total. The van der Waals surface area contributed by atoms with Gasteiger partial charge in [-0.2, -0.15) is 0 Å². The standard InChI is InChI=1S/C21H27NO4/c1-13(2)17-9-4-14(3)18(21(17)26)12-15-5-7-16(8-6-15)22-19(23)10-11-20(24)25/h5-8,12-14,17H,4,9-11H2,1-3H3,(H,22,23)(H,24,25)/p-1/t14-,17+/m0/s1. The van der Waals surface area contributed by atoms with E-state index in [-0.39, 0.29) is 36.4 Å². The number of anilines is 1. The Morgan fingerprint density at radius 2 is 1.85 bits per heavy atom. The largest absolute Gasteiger partial charge is 0.550 e. The molecule has 1 aliphatic rings. The fourth-order valence-corrected chi connectivity index (χ4v) is 3.30. The van der Waals surface area contributed by atoms with E-state index in [1.807, 2.05) is 18.2 Å². The van der Waals surface area contributed by atoms with Gasteiger partial charge in [0.15, 0.2) is 5.78 Å². The van der Waals surface area contributed by atoms with Gasteiger partial charge in [-0.15, -0.1) is 0 Å². The zero-order valence-electron chi connectivity index (χ0n) is 15.6. The fraction of sp³-hybridized carbons (Fsp3) is 0.476. The second kappa shape index (κ2) is 8.79. The number of carboxylic acid groups (broad SMARTS) is 1. The lowest BCUT2D eigenvalue weighted by molar-refractivity contribution is -0.305. The average Bonchev–Trinajstić information content (AvgIpc) is 2.58. The summed E-state index contributed by atoms with van der Waals surface area (Å²) in [6.07, 6.45) is 3.51. The van der Waals surface area contributed by atoms with Gasteiger partial charge in [-0.1, -0.05) is 32.9 Å². The number of rotatable bonds is 6. The topological polar surface area (TPSA) is 86.3 Å². The molecular weight excluding hydrogens is 330 g/mol. The molecule has 5 heteroatoms. The van der Waals surface area contributed by atoms with E-state index in [1.165, 1.54) is 0 Å². The van der Waals surface area contributed by atoms with Crippen molar-refractivity contribution in [1.29, 1.82) is 0 Å². The lowest BCUT2D eigenvalue weighted by Gasteiger charge is -2.30. The summed E-state index contributed by atoms with van der Waals surface area (Å²) < 4.78 is 0. The molecule has 2 rings (SSSR count). The van der Waals surface area contributed by atoms with Crippen LogP contribution in [0.5, 0.6) is 0 Å². The van der Waals surface area contributed by atoms with Crippen LogP contribution in [0.25, 0.3) is 6.08 Å². The first-order chi connectivity index (χ1) is 12.3. The summed E-state index contributed by atoms with van der Waals surface area (Å²) in [6.45, 7) is 6.27. The Balaban J connectivity index is 2.07. The van der Waals surface area contributed by atoms with E-state index in [2.05, 4.69) is 26.1 Å². The number of Topliss-reactive ketones (excluding diaryl/α,β-unsaturated/α-hetero) is 1. The summed E-state index contributed by atoms with van der Waals surface area (Å²) in [5.74, 6) is -0.666. The third kappa shape index (κ3) is 5.28. The van der Waals surface area contributed by atoms with Crippen LogP contribution in [0.2, 0.25) is 0 Å². The first-order valence-electron chi connectivity index (χ1n) is 9.13. The molecule has 0 unspecified atom stereocenters. The van der Waals surface area contributed by atoms with E-state index in [0.29, 0.717) is 11.6 Å². The smallest absolute Gasteiger partial charge is 0.224 e. The Labute approximate surface area is 154 Å². The summed E-state index contributed by atoms with van der Waals surface area (Å²) in [7, 11) is 0. The molecule has 0 heterocycles. The number of nitrogens with one attached hydrogen (secondary N) is 1. The van der Waals surface area contributed by atoms with Crippen LogP contribution >= 0.6 is 0 Å². The number of carbonyl (C=O) groups is 3. The van der Waals surface area contributed by atoms with Gasteiger partial charge in [0.05, 0.1) is 0 Å². The zero-order chi connectivity index (χ0) is 19.3. The highest BCUT2D eigenvalue weighted by molar-refractivity contribution is 6.02. The van der Waals surface area contributed by atoms with Crippen molar-refractivity contribution in [2.75, 3.05) is 5.32 Å². The fourth-order valence-electron chi connectivity index (χ4n) is 3.30. The zero-order valence-corrected chi connectivity index (χ0v) is 15.6. The van der Waals surface area contributed by atoms with Crippen LogP contribution < -0.4 is 10.4 Å². The highest BCUT2D eigenvalue weighted by Crippen LogP contribution is 2.35. The predicted octanol–water partition coefficient (Wildman–Crippen LogP) is 2.81. The molecule has 0 bridgehead atoms. The van der Waals surface area contributed by atoms with Gasteiger partial charge in [-0.25, -0.2) is 0 Å². The third-order valence-electron chi connectivity index (χ3n) is 4.94. The Hall–Kier alpha value is -2.43. The number of aliphatic carboxylic acids is 1. The van der Waals surface area contributed by atoms with Gasteiger partial charge < -0.3 is 15.2 Å². The lowest BCUT2D eigenvalue weighted by atomic mass is 9.73. The molecular formula is C21H26NO4-. The summed E-state index contributed by atoms with van der Waals surface area (Å²) in [5, 5.41) is 13.0. The Morgan fingerprint density at radius 1 is 1.19 bits per heavy atom. The van der Waals surface area contributed by atoms with Gasteiger partial charge in [-0.05, 0) is 60.4 Å². The SMILES string of the molecule is CC(C)[C@H]1CC[C@H](C)C(=Cc2ccc(NC(=O)CCC(=O)[O-])cc2)C1=O. The van der Waals surface area contributed by atoms with Crippen molar-refractivity contribution in [3.8, 4) is 0 Å². The van der Waals surface area contributed by atoms with Gasteiger partial charge in [0.2, 0.25) is 5.91 Å². The van der Waals surface area contributed by atoms with Gasteiger partial charge in [0, 0.05) is 24.0 Å². The molecule has 2 atom stereocenters. The van der Waals surface area contributed by atoms with Crippen LogP contribution in [0.1, 0.15) is 52.0 Å².